The molecule has 0 radical (unpaired) electrons. The molecule has 0 aromatic carbocycles. The van der Waals surface area contributed by atoms with Crippen LogP contribution in [-0.2, 0) is 4.74 Å². The third kappa shape index (κ3) is 3.12. The van der Waals surface area contributed by atoms with Crippen LogP contribution in [0.1, 0.15) is 29.4 Å². The van der Waals surface area contributed by atoms with Gasteiger partial charge in [-0.2, -0.15) is 0 Å². The van der Waals surface area contributed by atoms with Crippen molar-refractivity contribution < 1.29 is 23.0 Å². The van der Waals surface area contributed by atoms with E-state index in [0.717, 1.165) is 0 Å². The monoisotopic (exact) mass is 309 g/mol. The lowest BCUT2D eigenvalue weighted by Crippen LogP contribution is -2.10. The minimum atomic E-state index is -2.84. The van der Waals surface area contributed by atoms with Crippen molar-refractivity contribution in [3.63, 3.8) is 0 Å². The van der Waals surface area contributed by atoms with Gasteiger partial charge in [-0.3, -0.25) is 0 Å². The van der Waals surface area contributed by atoms with Gasteiger partial charge in [0.2, 0.25) is 0 Å². The van der Waals surface area contributed by atoms with Gasteiger partial charge in [0.25, 0.3) is 6.43 Å². The molecule has 0 saturated heterocycles. The van der Waals surface area contributed by atoms with Crippen molar-refractivity contribution in [2.75, 3.05) is 13.7 Å². The summed E-state index contributed by atoms with van der Waals surface area (Å²) in [6.45, 7) is 1.76. The second-order valence-electron chi connectivity index (χ2n) is 2.93. The molecule has 0 fully saturated rings. The molecule has 0 amide bonds. The van der Waals surface area contributed by atoms with E-state index in [1.54, 1.807) is 6.92 Å². The van der Waals surface area contributed by atoms with Gasteiger partial charge in [0.15, 0.2) is 11.4 Å². The highest BCUT2D eigenvalue weighted by molar-refractivity contribution is 9.10. The van der Waals surface area contributed by atoms with E-state index in [4.69, 9.17) is 9.47 Å². The Bertz CT molecular complexity index is 426. The summed E-state index contributed by atoms with van der Waals surface area (Å²) in [5.41, 5.74) is -0.670. The lowest BCUT2D eigenvalue weighted by Gasteiger charge is -2.12. The first-order valence-electron chi connectivity index (χ1n) is 4.71. The number of nitrogens with zero attached hydrogens (tertiary/aromatic N) is 1. The SMILES string of the molecule is CCOC(=O)c1cc(Br)nc(C(F)F)c1OC. The molecular weight excluding hydrogens is 300 g/mol. The molecule has 17 heavy (non-hydrogen) atoms. The Hall–Kier alpha value is -1.24. The molecule has 1 aromatic rings. The van der Waals surface area contributed by atoms with E-state index in [2.05, 4.69) is 20.9 Å². The molecule has 0 aliphatic rings. The predicted molar refractivity (Wildman–Crippen MR) is 59.4 cm³/mol. The molecular formula is C10H10BrF2NO3. The van der Waals surface area contributed by atoms with Gasteiger partial charge in [-0.1, -0.05) is 0 Å². The van der Waals surface area contributed by atoms with Crippen LogP contribution in [0.4, 0.5) is 8.78 Å². The first-order valence-corrected chi connectivity index (χ1v) is 5.50. The molecule has 0 aliphatic carbocycles. The normalized spacial score (nSPS) is 10.5. The van der Waals surface area contributed by atoms with Crippen LogP contribution in [0.5, 0.6) is 5.75 Å². The van der Waals surface area contributed by atoms with E-state index in [1.807, 2.05) is 0 Å². The summed E-state index contributed by atoms with van der Waals surface area (Å²) in [4.78, 5) is 15.1. The minimum Gasteiger partial charge on any atom is -0.494 e. The molecule has 0 aliphatic heterocycles. The second-order valence-corrected chi connectivity index (χ2v) is 3.74. The number of carbonyl (C=O) groups excluding carboxylic acids is 1. The number of esters is 1. The van der Waals surface area contributed by atoms with Crippen LogP contribution in [-0.4, -0.2) is 24.7 Å². The molecule has 4 nitrogen and oxygen atoms in total. The molecule has 0 spiro atoms. The molecule has 1 aromatic heterocycles. The number of halogens is 3. The van der Waals surface area contributed by atoms with Crippen LogP contribution in [0.2, 0.25) is 0 Å². The molecule has 0 bridgehead atoms. The number of alkyl halides is 2. The fourth-order valence-corrected chi connectivity index (χ4v) is 1.66. The number of ether oxygens (including phenoxy) is 2. The fraction of sp³-hybridized carbons (Fsp3) is 0.400. The highest BCUT2D eigenvalue weighted by Gasteiger charge is 2.24. The third-order valence-corrected chi connectivity index (χ3v) is 2.28. The van der Waals surface area contributed by atoms with Gasteiger partial charge in [-0.25, -0.2) is 18.6 Å². The van der Waals surface area contributed by atoms with Crippen molar-refractivity contribution in [1.29, 1.82) is 0 Å². The smallest absolute Gasteiger partial charge is 0.342 e. The van der Waals surface area contributed by atoms with E-state index >= 15 is 0 Å². The Morgan fingerprint density at radius 1 is 1.59 bits per heavy atom. The van der Waals surface area contributed by atoms with Crippen molar-refractivity contribution in [2.24, 2.45) is 0 Å². The van der Waals surface area contributed by atoms with Gasteiger partial charge >= 0.3 is 5.97 Å². The lowest BCUT2D eigenvalue weighted by molar-refractivity contribution is 0.0521. The maximum Gasteiger partial charge on any atom is 0.342 e. The summed E-state index contributed by atoms with van der Waals surface area (Å²) >= 11 is 2.96. The summed E-state index contributed by atoms with van der Waals surface area (Å²) < 4.78 is 35.1. The van der Waals surface area contributed by atoms with Crippen LogP contribution >= 0.6 is 15.9 Å². The van der Waals surface area contributed by atoms with Gasteiger partial charge in [0.1, 0.15) is 10.2 Å². The van der Waals surface area contributed by atoms with Crippen LogP contribution in [0.15, 0.2) is 10.7 Å². The zero-order valence-corrected chi connectivity index (χ0v) is 10.8. The highest BCUT2D eigenvalue weighted by Crippen LogP contribution is 2.32. The lowest BCUT2D eigenvalue weighted by atomic mass is 10.2. The summed E-state index contributed by atoms with van der Waals surface area (Å²) in [7, 11) is 1.19. The Balaban J connectivity index is 3.32. The summed E-state index contributed by atoms with van der Waals surface area (Å²) in [6, 6.07) is 1.28. The highest BCUT2D eigenvalue weighted by atomic mass is 79.9. The molecule has 0 atom stereocenters. The summed E-state index contributed by atoms with van der Waals surface area (Å²) in [6.07, 6.45) is -2.84. The molecule has 0 unspecified atom stereocenters. The van der Waals surface area contributed by atoms with Crippen molar-refractivity contribution in [2.45, 2.75) is 13.3 Å². The number of rotatable bonds is 4. The van der Waals surface area contributed by atoms with Gasteiger partial charge in [0, 0.05) is 0 Å². The van der Waals surface area contributed by atoms with Crippen molar-refractivity contribution in [1.82, 2.24) is 4.98 Å². The predicted octanol–water partition coefficient (Wildman–Crippen LogP) is 2.97. The Morgan fingerprint density at radius 3 is 2.71 bits per heavy atom. The van der Waals surface area contributed by atoms with Crippen molar-refractivity contribution in [3.8, 4) is 5.75 Å². The largest absolute Gasteiger partial charge is 0.494 e. The maximum atomic E-state index is 12.7. The number of aromatic nitrogens is 1. The number of carbonyl (C=O) groups is 1. The van der Waals surface area contributed by atoms with Crippen molar-refractivity contribution >= 4 is 21.9 Å². The average molecular weight is 310 g/mol. The number of hydrogen-bond donors (Lipinski definition) is 0. The average Bonchev–Trinajstić information content (AvgIpc) is 2.28. The van der Waals surface area contributed by atoms with Gasteiger partial charge < -0.3 is 9.47 Å². The fourth-order valence-electron chi connectivity index (χ4n) is 1.24. The van der Waals surface area contributed by atoms with E-state index in [-0.39, 0.29) is 22.5 Å². The van der Waals surface area contributed by atoms with Crippen LogP contribution in [0.25, 0.3) is 0 Å². The minimum absolute atomic E-state index is 0.0773. The topological polar surface area (TPSA) is 48.4 Å². The van der Waals surface area contributed by atoms with Crippen LogP contribution in [0.3, 0.4) is 0 Å². The number of hydrogen-bond acceptors (Lipinski definition) is 4. The van der Waals surface area contributed by atoms with E-state index in [0.29, 0.717) is 0 Å². The Morgan fingerprint density at radius 2 is 2.24 bits per heavy atom. The molecule has 94 valence electrons. The second kappa shape index (κ2) is 5.90. The maximum absolute atomic E-state index is 12.7. The third-order valence-electron chi connectivity index (χ3n) is 1.87. The zero-order chi connectivity index (χ0) is 13.0. The Labute approximate surface area is 105 Å². The van der Waals surface area contributed by atoms with Gasteiger partial charge in [-0.05, 0) is 28.9 Å². The number of pyridine rings is 1. The summed E-state index contributed by atoms with van der Waals surface area (Å²) in [5, 5.41) is 0. The number of methoxy groups -OCH3 is 1. The van der Waals surface area contributed by atoms with E-state index in [1.165, 1.54) is 13.2 Å². The van der Waals surface area contributed by atoms with Crippen LogP contribution < -0.4 is 4.74 Å². The summed E-state index contributed by atoms with van der Waals surface area (Å²) in [5.74, 6) is -0.990. The molecule has 0 N–H and O–H groups in total. The molecule has 1 rings (SSSR count). The Kier molecular flexibility index (Phi) is 4.80. The quantitative estimate of drug-likeness (QED) is 0.634. The van der Waals surface area contributed by atoms with Crippen LogP contribution in [0, 0.1) is 0 Å². The van der Waals surface area contributed by atoms with Crippen molar-refractivity contribution in [3.05, 3.63) is 21.9 Å². The molecule has 0 saturated carbocycles. The molecule has 7 heteroatoms. The first kappa shape index (κ1) is 13.8. The zero-order valence-electron chi connectivity index (χ0n) is 9.17. The molecule has 1 heterocycles. The van der Waals surface area contributed by atoms with Gasteiger partial charge in [-0.15, -0.1) is 0 Å². The van der Waals surface area contributed by atoms with E-state index in [9.17, 15) is 13.6 Å². The standard InChI is InChI=1S/C10H10BrF2NO3/c1-3-17-10(15)5-4-6(11)14-7(9(12)13)8(5)16-2/h4,9H,3H2,1-2H3. The first-order chi connectivity index (χ1) is 8.01. The van der Waals surface area contributed by atoms with Gasteiger partial charge in [0.05, 0.1) is 13.7 Å². The van der Waals surface area contributed by atoms with E-state index < -0.39 is 18.1 Å².